The number of fused-ring (bicyclic) bond motifs is 1. The van der Waals surface area contributed by atoms with E-state index in [1.54, 1.807) is 13.8 Å². The maximum Gasteiger partial charge on any atom is 0.228 e. The van der Waals surface area contributed by atoms with Crippen LogP contribution in [0.3, 0.4) is 0 Å². The molecule has 0 aliphatic carbocycles. The highest BCUT2D eigenvalue weighted by Gasteiger charge is 2.27. The lowest BCUT2D eigenvalue weighted by molar-refractivity contribution is 0.184. The fourth-order valence-electron chi connectivity index (χ4n) is 2.23. The molecule has 0 heterocycles. The summed E-state index contributed by atoms with van der Waals surface area (Å²) in [5, 5.41) is 9.00. The van der Waals surface area contributed by atoms with Crippen molar-refractivity contribution in [1.29, 1.82) is 0 Å². The lowest BCUT2D eigenvalue weighted by atomic mass is 9.93. The number of nitrogen functional groups attached to an aromatic ring is 1. The van der Waals surface area contributed by atoms with Crippen molar-refractivity contribution in [2.24, 2.45) is 0 Å². The van der Waals surface area contributed by atoms with Gasteiger partial charge in [0.15, 0.2) is 17.4 Å². The molecule has 2 rings (SSSR count). The Morgan fingerprint density at radius 2 is 1.65 bits per heavy atom. The Morgan fingerprint density at radius 3 is 2.13 bits per heavy atom. The third-order valence-corrected chi connectivity index (χ3v) is 3.21. The first kappa shape index (κ1) is 18.9. The van der Waals surface area contributed by atoms with E-state index in [1.165, 1.54) is 6.07 Å². The molecule has 3 nitrogen and oxygen atoms in total. The van der Waals surface area contributed by atoms with E-state index in [9.17, 15) is 22.7 Å². The molecule has 0 amide bonds. The Balaban J connectivity index is 0.00000127. The van der Waals surface area contributed by atoms with Crippen LogP contribution in [-0.2, 0) is 0 Å². The molecule has 0 fully saturated rings. The number of nitrogens with two attached hydrogens (primary N) is 1. The van der Waals surface area contributed by atoms with Crippen molar-refractivity contribution in [2.75, 3.05) is 12.6 Å². The minimum absolute atomic E-state index is 0.192. The van der Waals surface area contributed by atoms with Gasteiger partial charge in [-0.15, -0.1) is 0 Å². The minimum Gasteiger partial charge on any atom is -0.505 e. The molecule has 0 saturated heterocycles. The topological polar surface area (TPSA) is 55.5 Å². The van der Waals surface area contributed by atoms with Crippen molar-refractivity contribution in [3.8, 4) is 11.5 Å². The molecular formula is C16H19F4NO2. The molecule has 2 aromatic rings. The Bertz CT molecular complexity index is 718. The molecule has 0 aliphatic heterocycles. The van der Waals surface area contributed by atoms with Crippen molar-refractivity contribution >= 4 is 16.5 Å². The van der Waals surface area contributed by atoms with Gasteiger partial charge in [-0.2, -0.15) is 4.39 Å². The van der Waals surface area contributed by atoms with Gasteiger partial charge in [0, 0.05) is 5.39 Å². The average molecular weight is 333 g/mol. The monoisotopic (exact) mass is 333 g/mol. The Hall–Kier alpha value is -2.18. The third-order valence-electron chi connectivity index (χ3n) is 3.21. The number of phenolic OH excluding ortho intramolecular Hbond substituents is 1. The van der Waals surface area contributed by atoms with Crippen LogP contribution in [0.5, 0.6) is 11.5 Å². The predicted octanol–water partition coefficient (Wildman–Crippen LogP) is 5.00. The Labute approximate surface area is 131 Å². The minimum atomic E-state index is -1.86. The molecule has 0 bridgehead atoms. The van der Waals surface area contributed by atoms with Gasteiger partial charge >= 0.3 is 0 Å². The first-order valence-electron chi connectivity index (χ1n) is 7.11. The van der Waals surface area contributed by atoms with E-state index >= 15 is 0 Å². The molecule has 3 N–H and O–H groups in total. The van der Waals surface area contributed by atoms with E-state index in [-0.39, 0.29) is 17.0 Å². The maximum absolute atomic E-state index is 14.0. The fraction of sp³-hybridized carbons (Fsp3) is 0.375. The van der Waals surface area contributed by atoms with Crippen LogP contribution < -0.4 is 10.5 Å². The number of aromatic hydroxyl groups is 1. The molecule has 0 atom stereocenters. The molecule has 7 heteroatoms. The number of benzene rings is 2. The summed E-state index contributed by atoms with van der Waals surface area (Å²) in [5.41, 5.74) is 5.67. The highest BCUT2D eigenvalue weighted by atomic mass is 19.2. The van der Waals surface area contributed by atoms with E-state index in [0.29, 0.717) is 5.56 Å². The van der Waals surface area contributed by atoms with Gasteiger partial charge in [0.25, 0.3) is 0 Å². The van der Waals surface area contributed by atoms with Gasteiger partial charge < -0.3 is 15.6 Å². The van der Waals surface area contributed by atoms with Crippen LogP contribution in [0.15, 0.2) is 6.07 Å². The van der Waals surface area contributed by atoms with E-state index in [1.807, 2.05) is 13.8 Å². The van der Waals surface area contributed by atoms with Crippen molar-refractivity contribution in [3.63, 3.8) is 0 Å². The standard InChI is InChI=1S/C14H13F4NO2.C2H6/c1-5(2)6-3-7(19)13(20)9-8(6)14(21-4-15)12(18)11(17)10(9)16;1-2/h3,5,20H,4,19H2,1-2H3;1-2H3. The van der Waals surface area contributed by atoms with Crippen LogP contribution in [0.25, 0.3) is 10.8 Å². The molecule has 0 aromatic heterocycles. The largest absolute Gasteiger partial charge is 0.505 e. The van der Waals surface area contributed by atoms with Crippen molar-refractivity contribution in [1.82, 2.24) is 0 Å². The highest BCUT2D eigenvalue weighted by molar-refractivity contribution is 6.00. The lowest BCUT2D eigenvalue weighted by Crippen LogP contribution is -2.05. The van der Waals surface area contributed by atoms with Crippen LogP contribution in [0, 0.1) is 17.5 Å². The van der Waals surface area contributed by atoms with E-state index < -0.39 is 41.2 Å². The van der Waals surface area contributed by atoms with Crippen molar-refractivity contribution < 1.29 is 27.4 Å². The van der Waals surface area contributed by atoms with Gasteiger partial charge in [-0.25, -0.2) is 13.2 Å². The van der Waals surface area contributed by atoms with Crippen LogP contribution in [-0.4, -0.2) is 12.0 Å². The summed E-state index contributed by atoms with van der Waals surface area (Å²) in [4.78, 5) is 0. The number of phenols is 1. The van der Waals surface area contributed by atoms with Crippen LogP contribution in [0.1, 0.15) is 39.2 Å². The fourth-order valence-corrected chi connectivity index (χ4v) is 2.23. The number of ether oxygens (including phenoxy) is 1. The normalized spacial score (nSPS) is 10.7. The molecule has 128 valence electrons. The van der Waals surface area contributed by atoms with Gasteiger partial charge in [0.1, 0.15) is 5.75 Å². The molecule has 23 heavy (non-hydrogen) atoms. The SMILES string of the molecule is CC.CC(C)c1cc(N)c(O)c2c(F)c(F)c(F)c(OCF)c12. The van der Waals surface area contributed by atoms with E-state index in [4.69, 9.17) is 5.73 Å². The smallest absolute Gasteiger partial charge is 0.228 e. The number of rotatable bonds is 3. The van der Waals surface area contributed by atoms with Gasteiger partial charge in [-0.1, -0.05) is 27.7 Å². The molecule has 0 unspecified atom stereocenters. The van der Waals surface area contributed by atoms with Gasteiger partial charge in [-0.3, -0.25) is 0 Å². The first-order valence-corrected chi connectivity index (χ1v) is 7.11. The van der Waals surface area contributed by atoms with Crippen LogP contribution in [0.4, 0.5) is 23.2 Å². The van der Waals surface area contributed by atoms with Crippen molar-refractivity contribution in [3.05, 3.63) is 29.1 Å². The van der Waals surface area contributed by atoms with Gasteiger partial charge in [0.05, 0.1) is 11.1 Å². The summed E-state index contributed by atoms with van der Waals surface area (Å²) in [5.74, 6) is -6.91. The number of alkyl halides is 1. The quantitative estimate of drug-likeness (QED) is 0.360. The summed E-state index contributed by atoms with van der Waals surface area (Å²) >= 11 is 0. The zero-order valence-electron chi connectivity index (χ0n) is 13.3. The second kappa shape index (κ2) is 7.39. The lowest BCUT2D eigenvalue weighted by Gasteiger charge is -2.18. The summed E-state index contributed by atoms with van der Waals surface area (Å²) in [6.07, 6.45) is 0. The molecule has 0 spiro atoms. The number of anilines is 1. The summed E-state index contributed by atoms with van der Waals surface area (Å²) in [7, 11) is 0. The third kappa shape index (κ3) is 3.13. The van der Waals surface area contributed by atoms with Crippen LogP contribution in [0.2, 0.25) is 0 Å². The van der Waals surface area contributed by atoms with E-state index in [2.05, 4.69) is 4.74 Å². The Kier molecular flexibility index (Phi) is 6.06. The summed E-state index contributed by atoms with van der Waals surface area (Å²) < 4.78 is 58.3. The zero-order chi connectivity index (χ0) is 17.9. The number of hydrogen-bond donors (Lipinski definition) is 2. The first-order chi connectivity index (χ1) is 10.8. The second-order valence-corrected chi connectivity index (χ2v) is 4.83. The van der Waals surface area contributed by atoms with Crippen LogP contribution >= 0.6 is 0 Å². The highest BCUT2D eigenvalue weighted by Crippen LogP contribution is 2.44. The van der Waals surface area contributed by atoms with Gasteiger partial charge in [0.2, 0.25) is 12.7 Å². The number of hydrogen-bond acceptors (Lipinski definition) is 3. The molecule has 2 aromatic carbocycles. The maximum atomic E-state index is 14.0. The molecule has 0 radical (unpaired) electrons. The summed E-state index contributed by atoms with van der Waals surface area (Å²) in [6, 6.07) is 1.30. The van der Waals surface area contributed by atoms with E-state index in [0.717, 1.165) is 0 Å². The van der Waals surface area contributed by atoms with Crippen molar-refractivity contribution in [2.45, 2.75) is 33.6 Å². The predicted molar refractivity (Wildman–Crippen MR) is 81.9 cm³/mol. The molecule has 0 saturated carbocycles. The number of halogens is 4. The molecule has 0 aliphatic rings. The van der Waals surface area contributed by atoms with Gasteiger partial charge in [-0.05, 0) is 17.5 Å². The second-order valence-electron chi connectivity index (χ2n) is 4.83. The molecular weight excluding hydrogens is 314 g/mol. The zero-order valence-corrected chi connectivity index (χ0v) is 13.3. The average Bonchev–Trinajstić information content (AvgIpc) is 2.53. The summed E-state index contributed by atoms with van der Waals surface area (Å²) in [6.45, 7) is 5.97. The Morgan fingerprint density at radius 1 is 1.09 bits per heavy atom.